The molecule has 0 aromatic heterocycles. The van der Waals surface area contributed by atoms with E-state index in [1.807, 2.05) is 37.2 Å². The van der Waals surface area contributed by atoms with Crippen molar-refractivity contribution in [2.24, 2.45) is 0 Å². The molecule has 0 unspecified atom stereocenters. The lowest BCUT2D eigenvalue weighted by atomic mass is 10.1. The minimum absolute atomic E-state index is 0.114. The van der Waals surface area contributed by atoms with Crippen molar-refractivity contribution in [2.75, 3.05) is 25.5 Å². The second kappa shape index (κ2) is 6.88. The number of halogens is 1. The number of hydrogen-bond donors (Lipinski definition) is 1. The summed E-state index contributed by atoms with van der Waals surface area (Å²) < 4.78 is 13.0. The molecule has 0 fully saturated rings. The smallest absolute Gasteiger partial charge is 0.251 e. The largest absolute Gasteiger partial charge is 0.378 e. The first-order valence-electron chi connectivity index (χ1n) is 6.86. The van der Waals surface area contributed by atoms with Gasteiger partial charge in [-0.1, -0.05) is 12.1 Å². The average molecular weight is 286 g/mol. The fraction of sp³-hybridized carbons (Fsp3) is 0.235. The Morgan fingerprint density at radius 1 is 1.14 bits per heavy atom. The summed E-state index contributed by atoms with van der Waals surface area (Å²) in [5, 5.41) is 2.84. The zero-order chi connectivity index (χ0) is 15.2. The molecule has 3 nitrogen and oxygen atoms in total. The molecule has 0 saturated heterocycles. The molecule has 0 spiro atoms. The van der Waals surface area contributed by atoms with Crippen molar-refractivity contribution in [1.82, 2.24) is 5.32 Å². The Bertz CT molecular complexity index is 608. The van der Waals surface area contributed by atoms with Gasteiger partial charge in [0, 0.05) is 31.9 Å². The van der Waals surface area contributed by atoms with E-state index in [1.165, 1.54) is 12.1 Å². The highest BCUT2D eigenvalue weighted by atomic mass is 19.1. The van der Waals surface area contributed by atoms with E-state index >= 15 is 0 Å². The van der Waals surface area contributed by atoms with E-state index in [0.717, 1.165) is 11.3 Å². The topological polar surface area (TPSA) is 32.3 Å². The number of hydrogen-bond acceptors (Lipinski definition) is 2. The van der Waals surface area contributed by atoms with Crippen LogP contribution in [-0.2, 0) is 6.42 Å². The summed E-state index contributed by atoms with van der Waals surface area (Å²) in [6.07, 6.45) is 0.610. The van der Waals surface area contributed by atoms with Crippen LogP contribution in [0.5, 0.6) is 0 Å². The van der Waals surface area contributed by atoms with Gasteiger partial charge in [-0.25, -0.2) is 4.39 Å². The van der Waals surface area contributed by atoms with Gasteiger partial charge in [-0.3, -0.25) is 4.79 Å². The van der Waals surface area contributed by atoms with Crippen molar-refractivity contribution in [3.05, 3.63) is 65.5 Å². The van der Waals surface area contributed by atoms with E-state index in [2.05, 4.69) is 5.32 Å². The van der Waals surface area contributed by atoms with Gasteiger partial charge < -0.3 is 10.2 Å². The van der Waals surface area contributed by atoms with Crippen molar-refractivity contribution in [2.45, 2.75) is 6.42 Å². The maximum atomic E-state index is 13.0. The molecule has 0 saturated carbocycles. The number of amides is 1. The molecule has 0 radical (unpaired) electrons. The molecule has 1 N–H and O–H groups in total. The highest BCUT2D eigenvalue weighted by molar-refractivity contribution is 5.94. The quantitative estimate of drug-likeness (QED) is 0.916. The van der Waals surface area contributed by atoms with E-state index in [9.17, 15) is 9.18 Å². The lowest BCUT2D eigenvalue weighted by molar-refractivity contribution is 0.0954. The van der Waals surface area contributed by atoms with Crippen molar-refractivity contribution >= 4 is 11.6 Å². The van der Waals surface area contributed by atoms with Crippen LogP contribution in [0.3, 0.4) is 0 Å². The first-order chi connectivity index (χ1) is 10.1. The predicted octanol–water partition coefficient (Wildman–Crippen LogP) is 2.86. The minimum Gasteiger partial charge on any atom is -0.378 e. The molecule has 0 aliphatic rings. The zero-order valence-electron chi connectivity index (χ0n) is 12.3. The van der Waals surface area contributed by atoms with Gasteiger partial charge in [0.05, 0.1) is 0 Å². The first kappa shape index (κ1) is 15.0. The molecule has 0 heterocycles. The van der Waals surface area contributed by atoms with Gasteiger partial charge in [0.2, 0.25) is 0 Å². The van der Waals surface area contributed by atoms with Crippen molar-refractivity contribution in [1.29, 1.82) is 0 Å². The summed E-state index contributed by atoms with van der Waals surface area (Å²) in [5.41, 5.74) is 2.55. The zero-order valence-corrected chi connectivity index (χ0v) is 12.3. The highest BCUT2D eigenvalue weighted by Crippen LogP contribution is 2.12. The van der Waals surface area contributed by atoms with E-state index in [0.29, 0.717) is 18.5 Å². The van der Waals surface area contributed by atoms with Gasteiger partial charge in [-0.15, -0.1) is 0 Å². The summed E-state index contributed by atoms with van der Waals surface area (Å²) in [6.45, 7) is 0.484. The Morgan fingerprint density at radius 3 is 2.48 bits per heavy atom. The van der Waals surface area contributed by atoms with Crippen LogP contribution in [0.2, 0.25) is 0 Å². The van der Waals surface area contributed by atoms with Crippen LogP contribution in [-0.4, -0.2) is 26.5 Å². The molecular formula is C17H19FN2O. The molecule has 2 aromatic carbocycles. The normalized spacial score (nSPS) is 10.2. The maximum absolute atomic E-state index is 13.0. The van der Waals surface area contributed by atoms with Gasteiger partial charge in [0.15, 0.2) is 0 Å². The Kier molecular flexibility index (Phi) is 4.93. The van der Waals surface area contributed by atoms with E-state index in [4.69, 9.17) is 0 Å². The number of rotatable bonds is 5. The molecule has 1 amide bonds. The van der Waals surface area contributed by atoms with Crippen molar-refractivity contribution in [3.63, 3.8) is 0 Å². The van der Waals surface area contributed by atoms with Crippen LogP contribution in [0.25, 0.3) is 0 Å². The highest BCUT2D eigenvalue weighted by Gasteiger charge is 2.05. The van der Waals surface area contributed by atoms with Crippen LogP contribution in [0, 0.1) is 5.82 Å². The summed E-state index contributed by atoms with van der Waals surface area (Å²) in [4.78, 5) is 14.0. The molecule has 4 heteroatoms. The van der Waals surface area contributed by atoms with Gasteiger partial charge in [0.1, 0.15) is 5.82 Å². The SMILES string of the molecule is CN(C)c1ccc(C(=O)NCCc2cccc(F)c2)cc1. The molecule has 0 aliphatic carbocycles. The first-order valence-corrected chi connectivity index (χ1v) is 6.86. The third-order valence-electron chi connectivity index (χ3n) is 3.23. The fourth-order valence-electron chi connectivity index (χ4n) is 2.03. The molecule has 0 bridgehead atoms. The van der Waals surface area contributed by atoms with E-state index < -0.39 is 0 Å². The van der Waals surface area contributed by atoms with Gasteiger partial charge >= 0.3 is 0 Å². The molecule has 110 valence electrons. The maximum Gasteiger partial charge on any atom is 0.251 e. The second-order valence-electron chi connectivity index (χ2n) is 5.08. The number of benzene rings is 2. The third-order valence-corrected chi connectivity index (χ3v) is 3.23. The molecule has 2 rings (SSSR count). The number of anilines is 1. The lowest BCUT2D eigenvalue weighted by Crippen LogP contribution is -2.25. The Hall–Kier alpha value is -2.36. The van der Waals surface area contributed by atoms with Crippen LogP contribution >= 0.6 is 0 Å². The lowest BCUT2D eigenvalue weighted by Gasteiger charge is -2.12. The third kappa shape index (κ3) is 4.31. The minimum atomic E-state index is -0.252. The van der Waals surface area contributed by atoms with Gasteiger partial charge in [0.25, 0.3) is 5.91 Å². The number of nitrogens with zero attached hydrogens (tertiary/aromatic N) is 1. The van der Waals surface area contributed by atoms with Crippen LogP contribution in [0.1, 0.15) is 15.9 Å². The Balaban J connectivity index is 1.87. The van der Waals surface area contributed by atoms with E-state index in [1.54, 1.807) is 18.2 Å². The summed E-state index contributed by atoms with van der Waals surface area (Å²) in [7, 11) is 3.90. The summed E-state index contributed by atoms with van der Waals surface area (Å²) >= 11 is 0. The summed E-state index contributed by atoms with van der Waals surface area (Å²) in [5.74, 6) is -0.366. The summed E-state index contributed by atoms with van der Waals surface area (Å²) in [6, 6.07) is 13.8. The molecule has 0 atom stereocenters. The predicted molar refractivity (Wildman–Crippen MR) is 83.2 cm³/mol. The van der Waals surface area contributed by atoms with Gasteiger partial charge in [-0.2, -0.15) is 0 Å². The number of carbonyl (C=O) groups is 1. The van der Waals surface area contributed by atoms with Crippen molar-refractivity contribution < 1.29 is 9.18 Å². The van der Waals surface area contributed by atoms with Crippen LogP contribution < -0.4 is 10.2 Å². The Morgan fingerprint density at radius 2 is 1.86 bits per heavy atom. The number of nitrogens with one attached hydrogen (secondary N) is 1. The molecule has 2 aromatic rings. The molecule has 21 heavy (non-hydrogen) atoms. The van der Waals surface area contributed by atoms with Gasteiger partial charge in [-0.05, 0) is 48.4 Å². The molecule has 0 aliphatic heterocycles. The van der Waals surface area contributed by atoms with Crippen LogP contribution in [0.4, 0.5) is 10.1 Å². The Labute approximate surface area is 124 Å². The average Bonchev–Trinajstić information content (AvgIpc) is 2.47. The number of carbonyl (C=O) groups excluding carboxylic acids is 1. The second-order valence-corrected chi connectivity index (χ2v) is 5.08. The van der Waals surface area contributed by atoms with Crippen molar-refractivity contribution in [3.8, 4) is 0 Å². The molecular weight excluding hydrogens is 267 g/mol. The monoisotopic (exact) mass is 286 g/mol. The van der Waals surface area contributed by atoms with Crippen LogP contribution in [0.15, 0.2) is 48.5 Å². The standard InChI is InChI=1S/C17H19FN2O/c1-20(2)16-8-6-14(7-9-16)17(21)19-11-10-13-4-3-5-15(18)12-13/h3-9,12H,10-11H2,1-2H3,(H,19,21). The fourth-order valence-corrected chi connectivity index (χ4v) is 2.03. The van der Waals surface area contributed by atoms with E-state index in [-0.39, 0.29) is 11.7 Å².